The molecule has 0 unspecified atom stereocenters. The Balaban J connectivity index is 2.35. The average molecular weight is 238 g/mol. The lowest BCUT2D eigenvalue weighted by Crippen LogP contribution is -2.13. The van der Waals surface area contributed by atoms with Crippen molar-refractivity contribution in [2.45, 2.75) is 0 Å². The van der Waals surface area contributed by atoms with Crippen molar-refractivity contribution in [1.29, 1.82) is 0 Å². The summed E-state index contributed by atoms with van der Waals surface area (Å²) in [4.78, 5) is 19.8. The molecule has 1 amide bonds. The fourth-order valence-corrected chi connectivity index (χ4v) is 1.84. The lowest BCUT2D eigenvalue weighted by Gasteiger charge is -2.06. The van der Waals surface area contributed by atoms with Crippen LogP contribution in [0, 0.1) is 6.20 Å². The molecule has 18 heavy (non-hydrogen) atoms. The van der Waals surface area contributed by atoms with Crippen molar-refractivity contribution in [3.05, 3.63) is 42.5 Å². The van der Waals surface area contributed by atoms with Crippen LogP contribution in [0.15, 0.2) is 30.7 Å². The average Bonchev–Trinajstić information content (AvgIpc) is 2.86. The summed E-state index contributed by atoms with van der Waals surface area (Å²) in [6.45, 7) is 0. The number of nitrogens with zero attached hydrogens (tertiary/aromatic N) is 3. The van der Waals surface area contributed by atoms with Crippen LogP contribution in [0.3, 0.4) is 0 Å². The molecular formula is C12H8N5O. The van der Waals surface area contributed by atoms with Crippen molar-refractivity contribution in [2.24, 2.45) is 5.73 Å². The van der Waals surface area contributed by atoms with E-state index in [0.29, 0.717) is 22.2 Å². The van der Waals surface area contributed by atoms with Crippen LogP contribution in [0.2, 0.25) is 0 Å². The zero-order chi connectivity index (χ0) is 12.5. The van der Waals surface area contributed by atoms with Crippen LogP contribution in [0.4, 0.5) is 0 Å². The van der Waals surface area contributed by atoms with Crippen molar-refractivity contribution in [1.82, 2.24) is 20.2 Å². The number of pyridine rings is 2. The highest BCUT2D eigenvalue weighted by molar-refractivity contribution is 6.09. The number of amides is 1. The van der Waals surface area contributed by atoms with E-state index < -0.39 is 5.91 Å². The third-order valence-corrected chi connectivity index (χ3v) is 2.63. The molecule has 1 radical (unpaired) electrons. The Hall–Kier alpha value is -2.76. The molecule has 87 valence electrons. The summed E-state index contributed by atoms with van der Waals surface area (Å²) < 4.78 is 0. The Labute approximate surface area is 102 Å². The van der Waals surface area contributed by atoms with Gasteiger partial charge in [-0.3, -0.25) is 14.9 Å². The van der Waals surface area contributed by atoms with E-state index in [1.165, 1.54) is 0 Å². The number of aromatic amines is 1. The third-order valence-electron chi connectivity index (χ3n) is 2.63. The van der Waals surface area contributed by atoms with Gasteiger partial charge in [-0.05, 0) is 6.07 Å². The van der Waals surface area contributed by atoms with E-state index in [4.69, 9.17) is 5.73 Å². The van der Waals surface area contributed by atoms with Crippen LogP contribution in [0.5, 0.6) is 0 Å². The van der Waals surface area contributed by atoms with E-state index in [9.17, 15) is 4.79 Å². The molecular weight excluding hydrogens is 230 g/mol. The molecule has 3 heterocycles. The molecule has 3 N–H and O–H groups in total. The van der Waals surface area contributed by atoms with Crippen molar-refractivity contribution in [3.63, 3.8) is 0 Å². The standard InChI is InChI=1S/C12H8N5O/c13-11(18)10-8(7-2-1-3-14-4-7)5-15-12-9(10)6-16-17-12/h1-5H,(H2,13,18)(H,15,16,17). The lowest BCUT2D eigenvalue weighted by atomic mass is 10.0. The van der Waals surface area contributed by atoms with Crippen LogP contribution in [0.25, 0.3) is 22.2 Å². The molecule has 3 aromatic rings. The second-order valence-corrected chi connectivity index (χ2v) is 3.71. The van der Waals surface area contributed by atoms with Crippen LogP contribution in [0.1, 0.15) is 10.4 Å². The lowest BCUT2D eigenvalue weighted by molar-refractivity contribution is 0.100. The molecule has 3 rings (SSSR count). The summed E-state index contributed by atoms with van der Waals surface area (Å²) in [7, 11) is 0. The molecule has 0 aromatic carbocycles. The second-order valence-electron chi connectivity index (χ2n) is 3.71. The van der Waals surface area contributed by atoms with Crippen LogP contribution in [-0.4, -0.2) is 26.1 Å². The third kappa shape index (κ3) is 1.51. The number of fused-ring (bicyclic) bond motifs is 1. The Bertz CT molecular complexity index is 720. The molecule has 0 saturated carbocycles. The highest BCUT2D eigenvalue weighted by Gasteiger charge is 2.16. The van der Waals surface area contributed by atoms with Gasteiger partial charge in [-0.15, -0.1) is 0 Å². The summed E-state index contributed by atoms with van der Waals surface area (Å²) in [5, 5.41) is 6.89. The predicted octanol–water partition coefficient (Wildman–Crippen LogP) is 0.919. The van der Waals surface area contributed by atoms with E-state index in [1.54, 1.807) is 24.7 Å². The van der Waals surface area contributed by atoms with Crippen molar-refractivity contribution in [2.75, 3.05) is 0 Å². The van der Waals surface area contributed by atoms with E-state index in [1.807, 2.05) is 6.07 Å². The first-order chi connectivity index (χ1) is 8.77. The van der Waals surface area contributed by atoms with Crippen molar-refractivity contribution >= 4 is 16.9 Å². The van der Waals surface area contributed by atoms with Gasteiger partial charge in [0, 0.05) is 29.7 Å². The van der Waals surface area contributed by atoms with Gasteiger partial charge in [-0.2, -0.15) is 5.10 Å². The number of hydrogen-bond donors (Lipinski definition) is 2. The van der Waals surface area contributed by atoms with Crippen LogP contribution >= 0.6 is 0 Å². The van der Waals surface area contributed by atoms with E-state index in [2.05, 4.69) is 26.4 Å². The highest BCUT2D eigenvalue weighted by Crippen LogP contribution is 2.26. The summed E-state index contributed by atoms with van der Waals surface area (Å²) in [6.07, 6.45) is 7.57. The zero-order valence-corrected chi connectivity index (χ0v) is 9.21. The Morgan fingerprint density at radius 3 is 3.00 bits per heavy atom. The molecule has 0 fully saturated rings. The number of carbonyl (C=O) groups excluding carboxylic acids is 1. The van der Waals surface area contributed by atoms with Crippen molar-refractivity contribution < 1.29 is 4.79 Å². The SMILES string of the molecule is NC(=O)c1c(-c2cccnc2)cnc2[nH]n[c]c12. The molecule has 6 nitrogen and oxygen atoms in total. The summed E-state index contributed by atoms with van der Waals surface area (Å²) in [5.74, 6) is -0.543. The van der Waals surface area contributed by atoms with E-state index in [0.717, 1.165) is 5.56 Å². The predicted molar refractivity (Wildman–Crippen MR) is 64.5 cm³/mol. The van der Waals surface area contributed by atoms with Gasteiger partial charge in [0.05, 0.1) is 10.9 Å². The molecule has 0 aliphatic rings. The van der Waals surface area contributed by atoms with Crippen LogP contribution < -0.4 is 5.73 Å². The molecule has 0 spiro atoms. The van der Waals surface area contributed by atoms with E-state index >= 15 is 0 Å². The number of primary amides is 1. The van der Waals surface area contributed by atoms with Gasteiger partial charge >= 0.3 is 0 Å². The number of nitrogens with one attached hydrogen (secondary N) is 1. The summed E-state index contributed by atoms with van der Waals surface area (Å²) in [6, 6.07) is 3.62. The molecule has 0 bridgehead atoms. The van der Waals surface area contributed by atoms with Gasteiger partial charge in [0.15, 0.2) is 5.65 Å². The molecule has 0 aliphatic heterocycles. The molecule has 6 heteroatoms. The second kappa shape index (κ2) is 3.92. The first-order valence-electron chi connectivity index (χ1n) is 5.22. The Kier molecular flexibility index (Phi) is 2.26. The maximum Gasteiger partial charge on any atom is 0.250 e. The van der Waals surface area contributed by atoms with Gasteiger partial charge < -0.3 is 5.73 Å². The molecule has 0 saturated heterocycles. The minimum absolute atomic E-state index is 0.349. The normalized spacial score (nSPS) is 10.7. The Morgan fingerprint density at radius 2 is 2.28 bits per heavy atom. The number of nitrogens with two attached hydrogens (primary N) is 1. The van der Waals surface area contributed by atoms with Gasteiger partial charge in [-0.1, -0.05) is 6.07 Å². The monoisotopic (exact) mass is 238 g/mol. The van der Waals surface area contributed by atoms with Crippen molar-refractivity contribution in [3.8, 4) is 11.1 Å². The number of carbonyl (C=O) groups is 1. The topological polar surface area (TPSA) is 97.5 Å². The molecule has 0 aliphatic carbocycles. The van der Waals surface area contributed by atoms with Gasteiger partial charge in [0.2, 0.25) is 5.91 Å². The summed E-state index contributed by atoms with van der Waals surface area (Å²) >= 11 is 0. The molecule has 3 aromatic heterocycles. The minimum atomic E-state index is -0.543. The fourth-order valence-electron chi connectivity index (χ4n) is 1.84. The minimum Gasteiger partial charge on any atom is -0.366 e. The summed E-state index contributed by atoms with van der Waals surface area (Å²) in [5.41, 5.74) is 7.66. The first-order valence-corrected chi connectivity index (χ1v) is 5.22. The maximum absolute atomic E-state index is 11.6. The maximum atomic E-state index is 11.6. The zero-order valence-electron chi connectivity index (χ0n) is 9.21. The van der Waals surface area contributed by atoms with Crippen LogP contribution in [-0.2, 0) is 0 Å². The quantitative estimate of drug-likeness (QED) is 0.693. The first kappa shape index (κ1) is 10.4. The van der Waals surface area contributed by atoms with E-state index in [-0.39, 0.29) is 0 Å². The number of H-pyrrole nitrogens is 1. The number of hydrogen-bond acceptors (Lipinski definition) is 4. The van der Waals surface area contributed by atoms with Gasteiger partial charge in [0.25, 0.3) is 0 Å². The van der Waals surface area contributed by atoms with Gasteiger partial charge in [0.1, 0.15) is 6.20 Å². The largest absolute Gasteiger partial charge is 0.366 e. The highest BCUT2D eigenvalue weighted by atomic mass is 16.1. The van der Waals surface area contributed by atoms with Gasteiger partial charge in [-0.25, -0.2) is 4.98 Å². The Morgan fingerprint density at radius 1 is 1.39 bits per heavy atom. The molecule has 0 atom stereocenters. The number of rotatable bonds is 2. The fraction of sp³-hybridized carbons (Fsp3) is 0. The number of aromatic nitrogens is 4. The smallest absolute Gasteiger partial charge is 0.250 e.